The number of H-pyrrole nitrogens is 1. The molecule has 0 bridgehead atoms. The van der Waals surface area contributed by atoms with Gasteiger partial charge in [-0.3, -0.25) is 5.10 Å². The highest BCUT2D eigenvalue weighted by atomic mass is 35.5. The van der Waals surface area contributed by atoms with Crippen molar-refractivity contribution in [3.8, 4) is 11.4 Å². The molecule has 0 aliphatic rings. The van der Waals surface area contributed by atoms with Gasteiger partial charge in [0.15, 0.2) is 5.82 Å². The Hall–Kier alpha value is -2.18. The molecule has 3 aromatic rings. The van der Waals surface area contributed by atoms with Crippen LogP contribution in [0.5, 0.6) is 0 Å². The number of benzene rings is 1. The van der Waals surface area contributed by atoms with Crippen LogP contribution in [0.25, 0.3) is 11.4 Å². The van der Waals surface area contributed by atoms with E-state index in [1.807, 2.05) is 30.5 Å². The van der Waals surface area contributed by atoms with E-state index in [0.29, 0.717) is 17.4 Å². The molecular weight excluding hydrogens is 302 g/mol. The van der Waals surface area contributed by atoms with E-state index in [1.165, 1.54) is 0 Å². The van der Waals surface area contributed by atoms with Crippen molar-refractivity contribution >= 4 is 11.6 Å². The molecule has 0 radical (unpaired) electrons. The molecule has 2 N–H and O–H groups in total. The molecule has 114 valence electrons. The number of aliphatic hydroxyl groups is 1. The van der Waals surface area contributed by atoms with Crippen molar-refractivity contribution in [1.82, 2.24) is 25.0 Å². The van der Waals surface area contributed by atoms with Gasteiger partial charge in [0.2, 0.25) is 0 Å². The molecule has 0 aliphatic heterocycles. The summed E-state index contributed by atoms with van der Waals surface area (Å²) in [6.07, 6.45) is 5.22. The minimum Gasteiger partial charge on any atom is -0.394 e. The Morgan fingerprint density at radius 3 is 2.68 bits per heavy atom. The fraction of sp³-hybridized carbons (Fsp3) is 0.267. The summed E-state index contributed by atoms with van der Waals surface area (Å²) < 4.78 is 1.75. The summed E-state index contributed by atoms with van der Waals surface area (Å²) in [5.41, 5.74) is 2.03. The van der Waals surface area contributed by atoms with Gasteiger partial charge in [0.05, 0.1) is 19.3 Å². The molecule has 0 saturated heterocycles. The topological polar surface area (TPSA) is 79.6 Å². The van der Waals surface area contributed by atoms with Crippen LogP contribution in [0.1, 0.15) is 11.4 Å². The fourth-order valence-corrected chi connectivity index (χ4v) is 2.35. The molecule has 0 spiro atoms. The first-order valence-corrected chi connectivity index (χ1v) is 7.42. The Labute approximate surface area is 132 Å². The van der Waals surface area contributed by atoms with Crippen molar-refractivity contribution in [1.29, 1.82) is 0 Å². The predicted octanol–water partition coefficient (Wildman–Crippen LogP) is 2.10. The van der Waals surface area contributed by atoms with Crippen molar-refractivity contribution < 1.29 is 5.11 Å². The summed E-state index contributed by atoms with van der Waals surface area (Å²) in [7, 11) is 0. The predicted molar refractivity (Wildman–Crippen MR) is 83.5 cm³/mol. The summed E-state index contributed by atoms with van der Waals surface area (Å²) in [4.78, 5) is 4.60. The average Bonchev–Trinajstić information content (AvgIpc) is 3.16. The SMILES string of the molecule is OCCn1nc(-c2ccc(Cl)cc2)nc1CCc1cn[nH]c1. The standard InChI is InChI=1S/C15H16ClN5O/c16-13-4-2-12(3-5-13)15-19-14(21(20-15)7-8-22)6-1-11-9-17-18-10-11/h2-5,9-10,22H,1,6-8H2,(H,17,18). The second-order valence-corrected chi connectivity index (χ2v) is 5.35. The third-order valence-electron chi connectivity index (χ3n) is 3.35. The summed E-state index contributed by atoms with van der Waals surface area (Å²) in [6.45, 7) is 0.462. The first-order chi connectivity index (χ1) is 10.8. The van der Waals surface area contributed by atoms with Crippen LogP contribution in [-0.2, 0) is 19.4 Å². The zero-order valence-electron chi connectivity index (χ0n) is 11.9. The molecule has 0 saturated carbocycles. The molecule has 0 amide bonds. The number of hydrogen-bond donors (Lipinski definition) is 2. The van der Waals surface area contributed by atoms with Crippen LogP contribution in [-0.4, -0.2) is 36.7 Å². The first kappa shape index (κ1) is 14.7. The number of hydrogen-bond acceptors (Lipinski definition) is 4. The van der Waals surface area contributed by atoms with Gasteiger partial charge in [0, 0.05) is 23.2 Å². The highest BCUT2D eigenvalue weighted by Crippen LogP contribution is 2.19. The van der Waals surface area contributed by atoms with Crippen molar-refractivity contribution in [2.45, 2.75) is 19.4 Å². The third kappa shape index (κ3) is 3.35. The molecule has 7 heteroatoms. The number of rotatable bonds is 6. The minimum atomic E-state index is 0.0299. The van der Waals surface area contributed by atoms with Crippen LogP contribution in [0.4, 0.5) is 0 Å². The minimum absolute atomic E-state index is 0.0299. The molecule has 3 rings (SSSR count). The maximum atomic E-state index is 9.19. The van der Waals surface area contributed by atoms with Gasteiger partial charge >= 0.3 is 0 Å². The average molecular weight is 318 g/mol. The van der Waals surface area contributed by atoms with Gasteiger partial charge in [-0.2, -0.15) is 10.2 Å². The largest absolute Gasteiger partial charge is 0.394 e. The van der Waals surface area contributed by atoms with Gasteiger partial charge in [-0.05, 0) is 36.2 Å². The molecule has 0 fully saturated rings. The molecule has 2 heterocycles. The van der Waals surface area contributed by atoms with E-state index < -0.39 is 0 Å². The maximum Gasteiger partial charge on any atom is 0.181 e. The normalized spacial score (nSPS) is 11.0. The van der Waals surface area contributed by atoms with Gasteiger partial charge in [0.25, 0.3) is 0 Å². The molecule has 6 nitrogen and oxygen atoms in total. The second-order valence-electron chi connectivity index (χ2n) is 4.91. The molecular formula is C15H16ClN5O. The number of aromatic amines is 1. The van der Waals surface area contributed by atoms with Crippen molar-refractivity contribution in [2.75, 3.05) is 6.61 Å². The van der Waals surface area contributed by atoms with E-state index >= 15 is 0 Å². The zero-order valence-corrected chi connectivity index (χ0v) is 12.7. The zero-order chi connectivity index (χ0) is 15.4. The highest BCUT2D eigenvalue weighted by molar-refractivity contribution is 6.30. The van der Waals surface area contributed by atoms with Crippen LogP contribution in [0.15, 0.2) is 36.7 Å². The van der Waals surface area contributed by atoms with Crippen LogP contribution in [0, 0.1) is 0 Å². The Bertz CT molecular complexity index is 721. The van der Waals surface area contributed by atoms with Gasteiger partial charge in [-0.15, -0.1) is 0 Å². The number of aliphatic hydroxyl groups excluding tert-OH is 1. The van der Waals surface area contributed by atoms with E-state index in [9.17, 15) is 5.11 Å². The summed E-state index contributed by atoms with van der Waals surface area (Å²) in [5, 5.41) is 21.1. The smallest absolute Gasteiger partial charge is 0.181 e. The van der Waals surface area contributed by atoms with Gasteiger partial charge in [-0.25, -0.2) is 9.67 Å². The van der Waals surface area contributed by atoms with E-state index in [4.69, 9.17) is 11.6 Å². The number of halogens is 1. The van der Waals surface area contributed by atoms with Crippen LogP contribution >= 0.6 is 11.6 Å². The van der Waals surface area contributed by atoms with E-state index in [2.05, 4.69) is 20.3 Å². The van der Waals surface area contributed by atoms with Gasteiger partial charge in [0.1, 0.15) is 5.82 Å². The lowest BCUT2D eigenvalue weighted by Crippen LogP contribution is -2.09. The number of aryl methyl sites for hydroxylation is 2. The molecule has 0 atom stereocenters. The Balaban J connectivity index is 1.83. The highest BCUT2D eigenvalue weighted by Gasteiger charge is 2.11. The summed E-state index contributed by atoms with van der Waals surface area (Å²) in [6, 6.07) is 7.41. The lowest BCUT2D eigenvalue weighted by Gasteiger charge is -2.02. The fourth-order valence-electron chi connectivity index (χ4n) is 2.22. The van der Waals surface area contributed by atoms with Gasteiger partial charge < -0.3 is 5.11 Å². The Morgan fingerprint density at radius 2 is 2.00 bits per heavy atom. The molecule has 0 unspecified atom stereocenters. The van der Waals surface area contributed by atoms with E-state index in [-0.39, 0.29) is 6.61 Å². The quantitative estimate of drug-likeness (QED) is 0.729. The maximum absolute atomic E-state index is 9.19. The third-order valence-corrected chi connectivity index (χ3v) is 3.61. The second kappa shape index (κ2) is 6.72. The first-order valence-electron chi connectivity index (χ1n) is 7.04. The summed E-state index contributed by atoms with van der Waals surface area (Å²) >= 11 is 5.90. The van der Waals surface area contributed by atoms with Crippen LogP contribution in [0.2, 0.25) is 5.02 Å². The van der Waals surface area contributed by atoms with E-state index in [0.717, 1.165) is 29.8 Å². The van der Waals surface area contributed by atoms with Crippen molar-refractivity contribution in [3.63, 3.8) is 0 Å². The van der Waals surface area contributed by atoms with E-state index in [1.54, 1.807) is 10.9 Å². The Kier molecular flexibility index (Phi) is 4.50. The molecule has 22 heavy (non-hydrogen) atoms. The monoisotopic (exact) mass is 317 g/mol. The van der Waals surface area contributed by atoms with Gasteiger partial charge in [-0.1, -0.05) is 11.6 Å². The number of aromatic nitrogens is 5. The lowest BCUT2D eigenvalue weighted by atomic mass is 10.2. The summed E-state index contributed by atoms with van der Waals surface area (Å²) in [5.74, 6) is 1.49. The Morgan fingerprint density at radius 1 is 1.18 bits per heavy atom. The molecule has 0 aliphatic carbocycles. The van der Waals surface area contributed by atoms with Crippen molar-refractivity contribution in [2.24, 2.45) is 0 Å². The lowest BCUT2D eigenvalue weighted by molar-refractivity contribution is 0.267. The molecule has 2 aromatic heterocycles. The van der Waals surface area contributed by atoms with Crippen molar-refractivity contribution in [3.05, 3.63) is 53.1 Å². The number of nitrogens with one attached hydrogen (secondary N) is 1. The number of nitrogens with zero attached hydrogens (tertiary/aromatic N) is 4. The molecule has 1 aromatic carbocycles. The van der Waals surface area contributed by atoms with Crippen LogP contribution in [0.3, 0.4) is 0 Å². The van der Waals surface area contributed by atoms with Crippen LogP contribution < -0.4 is 0 Å².